The summed E-state index contributed by atoms with van der Waals surface area (Å²) in [4.78, 5) is 26.5. The Hall–Kier alpha value is -1.79. The third-order valence-corrected chi connectivity index (χ3v) is 5.80. The number of carbonyl (C=O) groups excluding carboxylic acids is 1. The van der Waals surface area contributed by atoms with Crippen LogP contribution in [0.3, 0.4) is 0 Å². The topological polar surface area (TPSA) is 49.3 Å². The lowest BCUT2D eigenvalue weighted by Crippen LogP contribution is -2.29. The molecule has 2 aromatic heterocycles. The van der Waals surface area contributed by atoms with E-state index in [2.05, 4.69) is 14.9 Å². The van der Waals surface area contributed by atoms with Crippen LogP contribution in [0.25, 0.3) is 0 Å². The van der Waals surface area contributed by atoms with Crippen LogP contribution in [0.5, 0.6) is 0 Å². The molecule has 0 aliphatic carbocycles. The highest BCUT2D eigenvalue weighted by molar-refractivity contribution is 7.13. The van der Waals surface area contributed by atoms with E-state index in [1.54, 1.807) is 28.6 Å². The van der Waals surface area contributed by atoms with Gasteiger partial charge in [0, 0.05) is 26.0 Å². The number of carbonyl (C=O) groups is 1. The fraction of sp³-hybridized carbons (Fsp3) is 0.526. The first kappa shape index (κ1) is 18.0. The molecule has 5 nitrogen and oxygen atoms in total. The van der Waals surface area contributed by atoms with Gasteiger partial charge >= 0.3 is 0 Å². The first-order chi connectivity index (χ1) is 12.1. The van der Waals surface area contributed by atoms with E-state index in [1.807, 2.05) is 26.1 Å². The third-order valence-electron chi connectivity index (χ3n) is 4.67. The average molecular weight is 359 g/mol. The highest BCUT2D eigenvalue weighted by Gasteiger charge is 2.20. The van der Waals surface area contributed by atoms with Crippen molar-refractivity contribution in [2.45, 2.75) is 39.2 Å². The molecule has 25 heavy (non-hydrogen) atoms. The largest absolute Gasteiger partial charge is 0.341 e. The Morgan fingerprint density at radius 1 is 1.24 bits per heavy atom. The first-order valence-corrected chi connectivity index (χ1v) is 9.78. The summed E-state index contributed by atoms with van der Waals surface area (Å²) in [6, 6.07) is 3.99. The predicted molar refractivity (Wildman–Crippen MR) is 101 cm³/mol. The van der Waals surface area contributed by atoms with E-state index in [0.717, 1.165) is 41.6 Å². The lowest BCUT2D eigenvalue weighted by Gasteiger charge is -2.25. The molecule has 0 spiro atoms. The Bertz CT molecular complexity index is 695. The number of pyridine rings is 1. The average Bonchev–Trinajstić information content (AvgIpc) is 3.01. The quantitative estimate of drug-likeness (QED) is 0.796. The molecule has 1 aliphatic rings. The van der Waals surface area contributed by atoms with Gasteiger partial charge in [-0.05, 0) is 57.0 Å². The SMILES string of the molecule is Cc1nc(CN2CCCCC2)sc1C(=O)N(C)CCc1ccncc1. The van der Waals surface area contributed by atoms with Crippen molar-refractivity contribution in [2.24, 2.45) is 0 Å². The van der Waals surface area contributed by atoms with E-state index in [9.17, 15) is 4.79 Å². The molecule has 1 fully saturated rings. The van der Waals surface area contributed by atoms with Gasteiger partial charge in [0.05, 0.1) is 12.2 Å². The second kappa shape index (κ2) is 8.54. The zero-order valence-corrected chi connectivity index (χ0v) is 15.9. The Labute approximate surface area is 153 Å². The van der Waals surface area contributed by atoms with Gasteiger partial charge in [-0.25, -0.2) is 4.98 Å². The molecule has 2 aromatic rings. The van der Waals surface area contributed by atoms with Gasteiger partial charge in [0.25, 0.3) is 5.91 Å². The molecule has 0 radical (unpaired) electrons. The van der Waals surface area contributed by atoms with Crippen LogP contribution in [0.15, 0.2) is 24.5 Å². The number of piperidine rings is 1. The predicted octanol–water partition coefficient (Wildman–Crippen LogP) is 3.15. The number of hydrogen-bond donors (Lipinski definition) is 0. The highest BCUT2D eigenvalue weighted by Crippen LogP contribution is 2.22. The van der Waals surface area contributed by atoms with Crippen molar-refractivity contribution < 1.29 is 4.79 Å². The normalized spacial score (nSPS) is 15.3. The molecule has 3 heterocycles. The summed E-state index contributed by atoms with van der Waals surface area (Å²) in [7, 11) is 1.87. The van der Waals surface area contributed by atoms with Gasteiger partial charge in [0.2, 0.25) is 0 Å². The molecular weight excluding hydrogens is 332 g/mol. The summed E-state index contributed by atoms with van der Waals surface area (Å²) in [5, 5.41) is 1.06. The fourth-order valence-corrected chi connectivity index (χ4v) is 4.25. The number of likely N-dealkylation sites (tertiary alicyclic amines) is 1. The standard InChI is InChI=1S/C19H26N4OS/c1-15-18(25-17(21-15)14-23-11-4-3-5-12-23)19(24)22(2)13-8-16-6-9-20-10-7-16/h6-7,9-10H,3-5,8,11-14H2,1-2H3. The van der Waals surface area contributed by atoms with Crippen molar-refractivity contribution in [3.63, 3.8) is 0 Å². The second-order valence-electron chi connectivity index (χ2n) is 6.69. The second-order valence-corrected chi connectivity index (χ2v) is 7.77. The number of likely N-dealkylation sites (N-methyl/N-ethyl adjacent to an activating group) is 1. The minimum absolute atomic E-state index is 0.0777. The van der Waals surface area contributed by atoms with Crippen LogP contribution >= 0.6 is 11.3 Å². The number of thiazole rings is 1. The first-order valence-electron chi connectivity index (χ1n) is 8.96. The van der Waals surface area contributed by atoms with Gasteiger partial charge in [0.1, 0.15) is 9.88 Å². The van der Waals surface area contributed by atoms with Crippen molar-refractivity contribution in [3.8, 4) is 0 Å². The van der Waals surface area contributed by atoms with Crippen molar-refractivity contribution in [1.82, 2.24) is 19.8 Å². The molecule has 0 atom stereocenters. The molecule has 1 amide bonds. The zero-order chi connectivity index (χ0) is 17.6. The Morgan fingerprint density at radius 2 is 1.96 bits per heavy atom. The van der Waals surface area contributed by atoms with E-state index < -0.39 is 0 Å². The van der Waals surface area contributed by atoms with Gasteiger partial charge < -0.3 is 4.90 Å². The van der Waals surface area contributed by atoms with Crippen molar-refractivity contribution in [3.05, 3.63) is 45.7 Å². The Balaban J connectivity index is 1.59. The van der Waals surface area contributed by atoms with E-state index in [4.69, 9.17) is 0 Å². The smallest absolute Gasteiger partial charge is 0.265 e. The van der Waals surface area contributed by atoms with Crippen LogP contribution in [0.1, 0.15) is 45.2 Å². The van der Waals surface area contributed by atoms with Crippen LogP contribution < -0.4 is 0 Å². The van der Waals surface area contributed by atoms with Crippen LogP contribution in [0.4, 0.5) is 0 Å². The van der Waals surface area contributed by atoms with E-state index in [1.165, 1.54) is 24.8 Å². The molecule has 134 valence electrons. The summed E-state index contributed by atoms with van der Waals surface area (Å²) < 4.78 is 0. The van der Waals surface area contributed by atoms with Crippen LogP contribution in [-0.2, 0) is 13.0 Å². The molecule has 0 N–H and O–H groups in total. The number of aromatic nitrogens is 2. The molecule has 3 rings (SSSR count). The summed E-state index contributed by atoms with van der Waals surface area (Å²) in [6.07, 6.45) is 8.29. The Morgan fingerprint density at radius 3 is 2.68 bits per heavy atom. The lowest BCUT2D eigenvalue weighted by molar-refractivity contribution is 0.0800. The number of nitrogens with zero attached hydrogens (tertiary/aromatic N) is 4. The molecule has 0 aromatic carbocycles. The van der Waals surface area contributed by atoms with E-state index in [-0.39, 0.29) is 5.91 Å². The highest BCUT2D eigenvalue weighted by atomic mass is 32.1. The number of amides is 1. The summed E-state index contributed by atoms with van der Waals surface area (Å²) >= 11 is 1.56. The van der Waals surface area contributed by atoms with E-state index in [0.29, 0.717) is 6.54 Å². The summed E-state index contributed by atoms with van der Waals surface area (Å²) in [6.45, 7) is 5.81. The number of aryl methyl sites for hydroxylation is 1. The monoisotopic (exact) mass is 358 g/mol. The molecular formula is C19H26N4OS. The molecule has 0 saturated carbocycles. The van der Waals surface area contributed by atoms with Crippen molar-refractivity contribution in [1.29, 1.82) is 0 Å². The minimum Gasteiger partial charge on any atom is -0.341 e. The number of hydrogen-bond acceptors (Lipinski definition) is 5. The Kier molecular flexibility index (Phi) is 6.15. The molecule has 1 saturated heterocycles. The van der Waals surface area contributed by atoms with Gasteiger partial charge in [-0.3, -0.25) is 14.7 Å². The minimum atomic E-state index is 0.0777. The maximum absolute atomic E-state index is 12.8. The van der Waals surface area contributed by atoms with Gasteiger partial charge in [-0.2, -0.15) is 0 Å². The maximum Gasteiger partial charge on any atom is 0.265 e. The van der Waals surface area contributed by atoms with Crippen LogP contribution in [0.2, 0.25) is 0 Å². The molecule has 6 heteroatoms. The van der Waals surface area contributed by atoms with Crippen LogP contribution in [0, 0.1) is 6.92 Å². The van der Waals surface area contributed by atoms with Gasteiger partial charge in [-0.1, -0.05) is 6.42 Å². The number of rotatable bonds is 6. The summed E-state index contributed by atoms with van der Waals surface area (Å²) in [5.74, 6) is 0.0777. The lowest BCUT2D eigenvalue weighted by atomic mass is 10.1. The van der Waals surface area contributed by atoms with Crippen molar-refractivity contribution >= 4 is 17.2 Å². The molecule has 0 bridgehead atoms. The molecule has 0 unspecified atom stereocenters. The fourth-order valence-electron chi connectivity index (χ4n) is 3.15. The van der Waals surface area contributed by atoms with Crippen molar-refractivity contribution in [2.75, 3.05) is 26.7 Å². The maximum atomic E-state index is 12.8. The van der Waals surface area contributed by atoms with Crippen LogP contribution in [-0.4, -0.2) is 52.4 Å². The third kappa shape index (κ3) is 4.86. The molecule has 1 aliphatic heterocycles. The summed E-state index contributed by atoms with van der Waals surface area (Å²) in [5.41, 5.74) is 2.05. The van der Waals surface area contributed by atoms with Gasteiger partial charge in [-0.15, -0.1) is 11.3 Å². The van der Waals surface area contributed by atoms with Gasteiger partial charge in [0.15, 0.2) is 0 Å². The van der Waals surface area contributed by atoms with E-state index >= 15 is 0 Å². The zero-order valence-electron chi connectivity index (χ0n) is 15.1.